The first-order valence-electron chi connectivity index (χ1n) is 4.42. The second-order valence-corrected chi connectivity index (χ2v) is 3.93. The summed E-state index contributed by atoms with van der Waals surface area (Å²) in [7, 11) is 2.99. The second-order valence-electron chi connectivity index (χ2n) is 3.07. The van der Waals surface area contributed by atoms with E-state index >= 15 is 0 Å². The van der Waals surface area contributed by atoms with E-state index in [1.54, 1.807) is 0 Å². The quantitative estimate of drug-likeness (QED) is 0.630. The number of nitrogens with zero attached hydrogens (tertiary/aromatic N) is 2. The normalized spacial score (nSPS) is 11.4. The molecule has 4 nitrogen and oxygen atoms in total. The Morgan fingerprint density at radius 2 is 2.19 bits per heavy atom. The summed E-state index contributed by atoms with van der Waals surface area (Å²) in [6.45, 7) is 0. The van der Waals surface area contributed by atoms with Crippen LogP contribution in [0.25, 0.3) is 0 Å². The Kier molecular flexibility index (Phi) is 4.00. The van der Waals surface area contributed by atoms with E-state index in [0.29, 0.717) is 5.56 Å². The van der Waals surface area contributed by atoms with Gasteiger partial charge in [0.15, 0.2) is 5.96 Å². The van der Waals surface area contributed by atoms with Crippen molar-refractivity contribution in [1.82, 2.24) is 4.90 Å². The van der Waals surface area contributed by atoms with Crippen LogP contribution in [0.5, 0.6) is 0 Å². The molecule has 1 aromatic rings. The first-order valence-corrected chi connectivity index (χ1v) is 5.22. The highest BCUT2D eigenvalue weighted by Crippen LogP contribution is 2.17. The number of aliphatic imine (C=N–C) groups is 1. The third kappa shape index (κ3) is 2.57. The molecular formula is C10H11BrFN3O. The van der Waals surface area contributed by atoms with E-state index in [2.05, 4.69) is 20.9 Å². The van der Waals surface area contributed by atoms with Crippen molar-refractivity contribution in [2.45, 2.75) is 0 Å². The van der Waals surface area contributed by atoms with Crippen molar-refractivity contribution in [3.8, 4) is 0 Å². The summed E-state index contributed by atoms with van der Waals surface area (Å²) in [6.07, 6.45) is 0. The molecule has 0 aliphatic rings. The van der Waals surface area contributed by atoms with Gasteiger partial charge in [-0.15, -0.1) is 0 Å². The Balaban J connectivity index is 3.01. The van der Waals surface area contributed by atoms with Crippen molar-refractivity contribution >= 4 is 27.8 Å². The van der Waals surface area contributed by atoms with Crippen LogP contribution >= 0.6 is 15.9 Å². The molecule has 1 rings (SSSR count). The van der Waals surface area contributed by atoms with Crippen LogP contribution in [-0.4, -0.2) is 30.9 Å². The van der Waals surface area contributed by atoms with Crippen LogP contribution in [0.15, 0.2) is 27.7 Å². The summed E-state index contributed by atoms with van der Waals surface area (Å²) in [5.41, 5.74) is 5.83. The number of hydrogen-bond donors (Lipinski definition) is 1. The standard InChI is InChI=1S/C10H11BrFN3O/c1-14-10(13)15(2)9(16)6-3-4-8(12)7(11)5-6/h3-5H,1-2H3,(H2,13,14). The van der Waals surface area contributed by atoms with Gasteiger partial charge >= 0.3 is 0 Å². The molecule has 0 heterocycles. The van der Waals surface area contributed by atoms with E-state index in [4.69, 9.17) is 5.73 Å². The SMILES string of the molecule is CN=C(N)N(C)C(=O)c1ccc(F)c(Br)c1. The van der Waals surface area contributed by atoms with Gasteiger partial charge in [0.1, 0.15) is 5.82 Å². The molecule has 0 saturated carbocycles. The monoisotopic (exact) mass is 287 g/mol. The fourth-order valence-corrected chi connectivity index (χ4v) is 1.46. The zero-order chi connectivity index (χ0) is 12.3. The Morgan fingerprint density at radius 1 is 1.56 bits per heavy atom. The van der Waals surface area contributed by atoms with E-state index in [1.165, 1.54) is 37.2 Å². The number of amides is 1. The number of rotatable bonds is 1. The smallest absolute Gasteiger partial charge is 0.260 e. The summed E-state index contributed by atoms with van der Waals surface area (Å²) >= 11 is 3.01. The summed E-state index contributed by atoms with van der Waals surface area (Å²) in [5, 5.41) is 0. The summed E-state index contributed by atoms with van der Waals surface area (Å²) < 4.78 is 13.2. The number of guanidine groups is 1. The van der Waals surface area contributed by atoms with Crippen LogP contribution in [0.3, 0.4) is 0 Å². The van der Waals surface area contributed by atoms with E-state index in [9.17, 15) is 9.18 Å². The summed E-state index contributed by atoms with van der Waals surface area (Å²) in [6, 6.07) is 4.00. The van der Waals surface area contributed by atoms with E-state index in [0.717, 1.165) is 0 Å². The third-order valence-electron chi connectivity index (χ3n) is 2.04. The average Bonchev–Trinajstić information content (AvgIpc) is 2.29. The van der Waals surface area contributed by atoms with Gasteiger partial charge in [0.2, 0.25) is 0 Å². The Bertz CT molecular complexity index is 448. The predicted molar refractivity (Wildman–Crippen MR) is 63.7 cm³/mol. The molecule has 1 amide bonds. The van der Waals surface area contributed by atoms with Gasteiger partial charge in [-0.1, -0.05) is 0 Å². The van der Waals surface area contributed by atoms with Gasteiger partial charge in [0, 0.05) is 19.7 Å². The zero-order valence-corrected chi connectivity index (χ0v) is 10.5. The molecule has 0 atom stereocenters. The number of nitrogens with two attached hydrogens (primary N) is 1. The highest BCUT2D eigenvalue weighted by molar-refractivity contribution is 9.10. The van der Waals surface area contributed by atoms with Gasteiger partial charge in [-0.25, -0.2) is 4.39 Å². The van der Waals surface area contributed by atoms with E-state index in [-0.39, 0.29) is 16.3 Å². The van der Waals surface area contributed by atoms with Gasteiger partial charge < -0.3 is 5.73 Å². The zero-order valence-electron chi connectivity index (χ0n) is 8.87. The minimum atomic E-state index is -0.420. The summed E-state index contributed by atoms with van der Waals surface area (Å²) in [5.74, 6) is -0.661. The van der Waals surface area contributed by atoms with Crippen molar-refractivity contribution in [3.05, 3.63) is 34.1 Å². The van der Waals surface area contributed by atoms with Gasteiger partial charge in [-0.3, -0.25) is 14.7 Å². The molecule has 0 fully saturated rings. The maximum Gasteiger partial charge on any atom is 0.260 e. The topological polar surface area (TPSA) is 58.7 Å². The maximum absolute atomic E-state index is 13.0. The van der Waals surface area contributed by atoms with Crippen molar-refractivity contribution in [2.75, 3.05) is 14.1 Å². The average molecular weight is 288 g/mol. The van der Waals surface area contributed by atoms with Crippen LogP contribution in [-0.2, 0) is 0 Å². The lowest BCUT2D eigenvalue weighted by molar-refractivity contribution is 0.0869. The van der Waals surface area contributed by atoms with E-state index < -0.39 is 5.82 Å². The molecule has 0 aliphatic heterocycles. The van der Waals surface area contributed by atoms with Gasteiger partial charge in [-0.05, 0) is 34.1 Å². The summed E-state index contributed by atoms with van der Waals surface area (Å²) in [4.78, 5) is 16.7. The molecule has 0 saturated heterocycles. The lowest BCUT2D eigenvalue weighted by Gasteiger charge is -2.15. The van der Waals surface area contributed by atoms with Crippen LogP contribution in [0, 0.1) is 5.82 Å². The van der Waals surface area contributed by atoms with Gasteiger partial charge in [0.05, 0.1) is 4.47 Å². The van der Waals surface area contributed by atoms with Gasteiger partial charge in [0.25, 0.3) is 5.91 Å². The largest absolute Gasteiger partial charge is 0.369 e. The number of carbonyl (C=O) groups is 1. The molecule has 0 bridgehead atoms. The minimum absolute atomic E-state index is 0.102. The van der Waals surface area contributed by atoms with Crippen LogP contribution in [0.1, 0.15) is 10.4 Å². The lowest BCUT2D eigenvalue weighted by atomic mass is 10.2. The Labute approximate surface area is 101 Å². The van der Waals surface area contributed by atoms with Crippen LogP contribution in [0.4, 0.5) is 4.39 Å². The number of halogens is 2. The lowest BCUT2D eigenvalue weighted by Crippen LogP contribution is -2.38. The second kappa shape index (κ2) is 5.07. The highest BCUT2D eigenvalue weighted by atomic mass is 79.9. The Hall–Kier alpha value is -1.43. The highest BCUT2D eigenvalue weighted by Gasteiger charge is 2.15. The molecule has 86 valence electrons. The number of benzene rings is 1. The molecule has 0 aliphatic carbocycles. The van der Waals surface area contributed by atoms with Gasteiger partial charge in [-0.2, -0.15) is 0 Å². The molecule has 0 unspecified atom stereocenters. The molecule has 0 radical (unpaired) electrons. The molecule has 1 aromatic carbocycles. The predicted octanol–water partition coefficient (Wildman–Crippen LogP) is 1.60. The molecule has 16 heavy (non-hydrogen) atoms. The maximum atomic E-state index is 13.0. The number of carbonyl (C=O) groups excluding carboxylic acids is 1. The molecule has 2 N–H and O–H groups in total. The Morgan fingerprint density at radius 3 is 2.69 bits per heavy atom. The first kappa shape index (κ1) is 12.6. The van der Waals surface area contributed by atoms with Crippen LogP contribution in [0.2, 0.25) is 0 Å². The van der Waals surface area contributed by atoms with Crippen molar-refractivity contribution < 1.29 is 9.18 Å². The van der Waals surface area contributed by atoms with Crippen molar-refractivity contribution in [2.24, 2.45) is 10.7 Å². The fraction of sp³-hybridized carbons (Fsp3) is 0.200. The molecule has 0 aromatic heterocycles. The minimum Gasteiger partial charge on any atom is -0.369 e. The first-order chi connectivity index (χ1) is 7.47. The fourth-order valence-electron chi connectivity index (χ4n) is 1.08. The molecule has 0 spiro atoms. The van der Waals surface area contributed by atoms with Crippen molar-refractivity contribution in [3.63, 3.8) is 0 Å². The third-order valence-corrected chi connectivity index (χ3v) is 2.65. The van der Waals surface area contributed by atoms with E-state index in [1.807, 2.05) is 0 Å². The molecular weight excluding hydrogens is 277 g/mol. The van der Waals surface area contributed by atoms with Crippen LogP contribution < -0.4 is 5.73 Å². The van der Waals surface area contributed by atoms with Crippen molar-refractivity contribution in [1.29, 1.82) is 0 Å². The molecule has 6 heteroatoms. The number of hydrogen-bond acceptors (Lipinski definition) is 2.